The Morgan fingerprint density at radius 3 is 2.59 bits per heavy atom. The molecule has 0 aromatic heterocycles. The van der Waals surface area contributed by atoms with Gasteiger partial charge in [0.05, 0.1) is 36.8 Å². The molecule has 2 aliphatic carbocycles. The summed E-state index contributed by atoms with van der Waals surface area (Å²) in [5.74, 6) is 1.05. The molecule has 2 aromatic rings. The van der Waals surface area contributed by atoms with Crippen molar-refractivity contribution in [1.29, 1.82) is 0 Å². The zero-order valence-electron chi connectivity index (χ0n) is 29.1. The third kappa shape index (κ3) is 7.10. The van der Waals surface area contributed by atoms with Crippen LogP contribution >= 0.6 is 11.6 Å². The summed E-state index contributed by atoms with van der Waals surface area (Å²) < 4.78 is 48.9. The van der Waals surface area contributed by atoms with Crippen LogP contribution in [0.4, 0.5) is 5.69 Å². The van der Waals surface area contributed by atoms with Gasteiger partial charge in [0.25, 0.3) is 5.91 Å². The maximum atomic E-state index is 13.6. The quantitative estimate of drug-likeness (QED) is 0.395. The molecule has 1 saturated heterocycles. The van der Waals surface area contributed by atoms with E-state index in [1.807, 2.05) is 25.1 Å². The molecule has 49 heavy (non-hydrogen) atoms. The van der Waals surface area contributed by atoms with Crippen LogP contribution in [0.1, 0.15) is 87.2 Å². The van der Waals surface area contributed by atoms with Gasteiger partial charge in [-0.25, -0.2) is 13.1 Å². The van der Waals surface area contributed by atoms with Crippen molar-refractivity contribution in [2.75, 3.05) is 44.4 Å². The summed E-state index contributed by atoms with van der Waals surface area (Å²) in [4.78, 5) is 16.0. The average molecular weight is 714 g/mol. The molecule has 0 radical (unpaired) electrons. The van der Waals surface area contributed by atoms with Gasteiger partial charge in [-0.05, 0) is 118 Å². The van der Waals surface area contributed by atoms with Crippen molar-refractivity contribution in [1.82, 2.24) is 10.0 Å². The molecule has 9 nitrogen and oxygen atoms in total. The molecular weight excluding hydrogens is 662 g/mol. The van der Waals surface area contributed by atoms with E-state index in [2.05, 4.69) is 34.0 Å². The zero-order valence-corrected chi connectivity index (χ0v) is 30.7. The van der Waals surface area contributed by atoms with E-state index < -0.39 is 21.2 Å². The highest BCUT2D eigenvalue weighted by molar-refractivity contribution is 7.90. The smallest absolute Gasteiger partial charge is 0.264 e. The van der Waals surface area contributed by atoms with Gasteiger partial charge in [-0.2, -0.15) is 0 Å². The molecule has 2 bridgehead atoms. The predicted molar refractivity (Wildman–Crippen MR) is 192 cm³/mol. The van der Waals surface area contributed by atoms with Crippen LogP contribution in [-0.4, -0.2) is 71.4 Å². The van der Waals surface area contributed by atoms with Gasteiger partial charge in [-0.15, -0.1) is 0 Å². The number of carbonyl (C=O) groups is 1. The largest absolute Gasteiger partial charge is 0.490 e. The summed E-state index contributed by atoms with van der Waals surface area (Å²) in [7, 11) is -3.90. The van der Waals surface area contributed by atoms with Crippen molar-refractivity contribution in [3.63, 3.8) is 0 Å². The highest BCUT2D eigenvalue weighted by Gasteiger charge is 2.46. The van der Waals surface area contributed by atoms with Gasteiger partial charge >= 0.3 is 0 Å². The van der Waals surface area contributed by atoms with E-state index in [0.717, 1.165) is 87.5 Å². The lowest BCUT2D eigenvalue weighted by Crippen LogP contribution is -2.52. The van der Waals surface area contributed by atoms with Crippen LogP contribution in [0.5, 0.6) is 5.75 Å². The molecule has 2 aromatic carbocycles. The number of nitrogens with one attached hydrogen (secondary N) is 2. The summed E-state index contributed by atoms with van der Waals surface area (Å²) in [6, 6.07) is 11.8. The lowest BCUT2D eigenvalue weighted by atomic mass is 9.64. The first-order valence-corrected chi connectivity index (χ1v) is 20.3. The molecule has 0 unspecified atom stereocenters. The van der Waals surface area contributed by atoms with Gasteiger partial charge in [0, 0.05) is 35.0 Å². The Morgan fingerprint density at radius 1 is 1.02 bits per heavy atom. The van der Waals surface area contributed by atoms with Gasteiger partial charge in [0.2, 0.25) is 10.0 Å². The van der Waals surface area contributed by atoms with Gasteiger partial charge < -0.3 is 24.4 Å². The fourth-order valence-corrected chi connectivity index (χ4v) is 10.6. The fraction of sp³-hybridized carbons (Fsp3) is 0.658. The third-order valence-corrected chi connectivity index (χ3v) is 14.4. The van der Waals surface area contributed by atoms with E-state index in [1.165, 1.54) is 11.1 Å². The molecule has 2 N–H and O–H groups in total. The number of nitrogens with zero attached hydrogens (tertiary/aromatic N) is 1. The molecule has 3 aliphatic heterocycles. The Balaban J connectivity index is 1.26. The monoisotopic (exact) mass is 713 g/mol. The zero-order chi connectivity index (χ0) is 34.3. The molecule has 1 amide bonds. The number of benzene rings is 2. The number of fused-ring (bicyclic) bond motifs is 4. The maximum absolute atomic E-state index is 13.6. The van der Waals surface area contributed by atoms with Crippen LogP contribution in [-0.2, 0) is 31.3 Å². The van der Waals surface area contributed by atoms with E-state index in [9.17, 15) is 13.2 Å². The second-order valence-corrected chi connectivity index (χ2v) is 17.8. The van der Waals surface area contributed by atoms with Crippen molar-refractivity contribution in [3.8, 4) is 5.75 Å². The first-order valence-electron chi connectivity index (χ1n) is 18.4. The number of aryl methyl sites for hydroxylation is 1. The number of halogens is 1. The molecule has 5 aliphatic rings. The number of amides is 1. The molecule has 6 atom stereocenters. The summed E-state index contributed by atoms with van der Waals surface area (Å²) in [6.45, 7) is 9.97. The highest BCUT2D eigenvalue weighted by atomic mass is 35.5. The summed E-state index contributed by atoms with van der Waals surface area (Å²) >= 11 is 6.47. The van der Waals surface area contributed by atoms with Crippen LogP contribution in [0, 0.1) is 23.7 Å². The topological polar surface area (TPSA) is 106 Å². The van der Waals surface area contributed by atoms with Crippen LogP contribution < -0.4 is 19.7 Å². The summed E-state index contributed by atoms with van der Waals surface area (Å²) in [6.07, 6.45) is 7.49. The fourth-order valence-electron chi connectivity index (χ4n) is 9.14. The minimum Gasteiger partial charge on any atom is -0.490 e. The van der Waals surface area contributed by atoms with Crippen molar-refractivity contribution in [2.45, 2.75) is 95.1 Å². The van der Waals surface area contributed by atoms with Crippen molar-refractivity contribution >= 4 is 33.2 Å². The Hall–Kier alpha value is -2.37. The van der Waals surface area contributed by atoms with Crippen LogP contribution in [0.2, 0.25) is 5.02 Å². The highest BCUT2D eigenvalue weighted by Crippen LogP contribution is 2.49. The van der Waals surface area contributed by atoms with Crippen molar-refractivity contribution < 1.29 is 27.4 Å². The molecule has 2 fully saturated rings. The normalized spacial score (nSPS) is 34.8. The lowest BCUT2D eigenvalue weighted by Gasteiger charge is -2.49. The molecule has 1 spiro atoms. The minimum absolute atomic E-state index is 0.122. The number of ether oxygens (including phenoxy) is 3. The van der Waals surface area contributed by atoms with E-state index in [-0.39, 0.29) is 29.6 Å². The summed E-state index contributed by atoms with van der Waals surface area (Å²) in [5, 5.41) is 3.48. The molecule has 3 heterocycles. The second kappa shape index (κ2) is 14.3. The predicted octanol–water partition coefficient (Wildman–Crippen LogP) is 6.07. The van der Waals surface area contributed by atoms with E-state index >= 15 is 0 Å². The van der Waals surface area contributed by atoms with E-state index in [1.54, 1.807) is 13.0 Å². The van der Waals surface area contributed by atoms with Gasteiger partial charge in [-0.1, -0.05) is 37.9 Å². The number of hydrogen-bond donors (Lipinski definition) is 2. The van der Waals surface area contributed by atoms with Crippen molar-refractivity contribution in [3.05, 3.63) is 58.1 Å². The number of sulfonamides is 1. The number of hydrogen-bond acceptors (Lipinski definition) is 8. The Kier molecular flexibility index (Phi) is 10.3. The number of anilines is 1. The maximum Gasteiger partial charge on any atom is 0.264 e. The number of rotatable bonds is 3. The van der Waals surface area contributed by atoms with E-state index in [0.29, 0.717) is 37.2 Å². The van der Waals surface area contributed by atoms with Crippen LogP contribution in [0.3, 0.4) is 0 Å². The Bertz CT molecular complexity index is 1630. The van der Waals surface area contributed by atoms with Crippen molar-refractivity contribution in [2.24, 2.45) is 23.7 Å². The van der Waals surface area contributed by atoms with E-state index in [4.69, 9.17) is 25.8 Å². The standard InChI is InChI=1S/C38H52ClN3O6S/c1-4-40-30-20-46-37(47-21-30)32-9-5-7-24(2)25(3)49(44,45)41-36(43)27-11-15-35-34(18-27)42(19-28-10-13-31(28)32)22-38(23-48-35)16-6-8-26-17-29(39)12-14-33(26)38/h11-12,14-15,17-18,24-25,28,30-32,37,40H,4-10,13,16,19-23H2,1-3H3,(H,41,43)/t24-,25+,28-,30-,31+,32-,37-,38-/m0/s1. The Labute approximate surface area is 296 Å². The van der Waals surface area contributed by atoms with Gasteiger partial charge in [0.1, 0.15) is 5.75 Å². The van der Waals surface area contributed by atoms with Gasteiger partial charge in [0.15, 0.2) is 6.29 Å². The SMILES string of the molecule is CCN[C@H]1CO[C@H]([C@H]2CCC[C@H](C)[C@@H](C)S(=O)(=O)NC(=O)c3ccc4c(c3)N(C[C@@H]3CC[C@H]32)C[C@@]2(CCCc3cc(Cl)ccc32)CO4)OC1. The Morgan fingerprint density at radius 2 is 1.84 bits per heavy atom. The lowest BCUT2D eigenvalue weighted by molar-refractivity contribution is -0.232. The van der Waals surface area contributed by atoms with Gasteiger partial charge in [-0.3, -0.25) is 4.79 Å². The second-order valence-electron chi connectivity index (χ2n) is 15.3. The number of likely N-dealkylation sites (N-methyl/N-ethyl adjacent to an activating group) is 1. The first kappa shape index (κ1) is 35.1. The molecular formula is C38H52ClN3O6S. The number of carbonyl (C=O) groups excluding carboxylic acids is 1. The minimum atomic E-state index is -3.90. The first-order chi connectivity index (χ1) is 23.6. The molecule has 268 valence electrons. The molecule has 7 rings (SSSR count). The van der Waals surface area contributed by atoms with Crippen LogP contribution in [0.15, 0.2) is 36.4 Å². The molecule has 11 heteroatoms. The van der Waals surface area contributed by atoms with Crippen LogP contribution in [0.25, 0.3) is 0 Å². The average Bonchev–Trinajstić information content (AvgIpc) is 3.22. The summed E-state index contributed by atoms with van der Waals surface area (Å²) in [5.41, 5.74) is 3.48. The molecule has 1 saturated carbocycles. The third-order valence-electron chi connectivity index (χ3n) is 12.3.